The number of hydrogen-bond acceptors (Lipinski definition) is 2. The monoisotopic (exact) mass is 314 g/mol. The number of benzene rings is 2. The van der Waals surface area contributed by atoms with Gasteiger partial charge in [-0.2, -0.15) is 0 Å². The molecule has 0 saturated heterocycles. The number of nitrogens with two attached hydrogens (primary N) is 1. The minimum Gasteiger partial charge on any atom is -0.399 e. The van der Waals surface area contributed by atoms with Crippen LogP contribution in [0.4, 0.5) is 11.4 Å². The molecule has 0 aliphatic rings. The summed E-state index contributed by atoms with van der Waals surface area (Å²) < 4.78 is 0. The summed E-state index contributed by atoms with van der Waals surface area (Å²) in [5, 5.41) is 3.81. The highest BCUT2D eigenvalue weighted by atomic mass is 35.5. The fraction of sp³-hybridized carbons (Fsp3) is 0. The molecule has 3 nitrogen and oxygen atoms in total. The molecule has 0 unspecified atom stereocenters. The highest BCUT2D eigenvalue weighted by Crippen LogP contribution is 2.25. The third-order valence-electron chi connectivity index (χ3n) is 2.37. The molecule has 0 aliphatic carbocycles. The molecule has 2 aromatic rings. The molecule has 0 heterocycles. The molecular formula is C13H9Cl3N2O. The van der Waals surface area contributed by atoms with Crippen molar-refractivity contribution in [3.05, 3.63) is 57.0 Å². The van der Waals surface area contributed by atoms with E-state index in [0.29, 0.717) is 32.0 Å². The van der Waals surface area contributed by atoms with Crippen LogP contribution < -0.4 is 11.1 Å². The highest BCUT2D eigenvalue weighted by molar-refractivity contribution is 6.36. The SMILES string of the molecule is Nc1ccc(NC(=O)c2cc(Cl)cc(Cl)c2)c(Cl)c1. The van der Waals surface area contributed by atoms with Gasteiger partial charge in [0.2, 0.25) is 0 Å². The number of halogens is 3. The van der Waals surface area contributed by atoms with Crippen molar-refractivity contribution >= 4 is 52.1 Å². The highest BCUT2D eigenvalue weighted by Gasteiger charge is 2.10. The van der Waals surface area contributed by atoms with Gasteiger partial charge in [-0.25, -0.2) is 0 Å². The van der Waals surface area contributed by atoms with E-state index in [1.54, 1.807) is 24.3 Å². The zero-order chi connectivity index (χ0) is 14.0. The molecule has 3 N–H and O–H groups in total. The molecule has 98 valence electrons. The summed E-state index contributed by atoms with van der Waals surface area (Å²) in [5.74, 6) is -0.351. The van der Waals surface area contributed by atoms with Crippen LogP contribution in [0.5, 0.6) is 0 Å². The topological polar surface area (TPSA) is 55.1 Å². The summed E-state index contributed by atoms with van der Waals surface area (Å²) in [7, 11) is 0. The van der Waals surface area contributed by atoms with Crippen LogP contribution in [-0.4, -0.2) is 5.91 Å². The minimum absolute atomic E-state index is 0.351. The zero-order valence-electron chi connectivity index (χ0n) is 9.58. The number of anilines is 2. The molecule has 0 fully saturated rings. The van der Waals surface area contributed by atoms with Gasteiger partial charge in [0.1, 0.15) is 0 Å². The number of rotatable bonds is 2. The van der Waals surface area contributed by atoms with Crippen LogP contribution in [0.3, 0.4) is 0 Å². The molecule has 0 radical (unpaired) electrons. The Kier molecular flexibility index (Phi) is 4.20. The Morgan fingerprint density at radius 1 is 1.00 bits per heavy atom. The predicted molar refractivity (Wildman–Crippen MR) is 80.3 cm³/mol. The van der Waals surface area contributed by atoms with Crippen LogP contribution >= 0.6 is 34.8 Å². The van der Waals surface area contributed by atoms with Gasteiger partial charge in [-0.15, -0.1) is 0 Å². The maximum Gasteiger partial charge on any atom is 0.255 e. The maximum absolute atomic E-state index is 12.0. The van der Waals surface area contributed by atoms with E-state index < -0.39 is 0 Å². The van der Waals surface area contributed by atoms with Crippen LogP contribution in [0.1, 0.15) is 10.4 Å². The quantitative estimate of drug-likeness (QED) is 0.803. The van der Waals surface area contributed by atoms with Crippen molar-refractivity contribution in [2.24, 2.45) is 0 Å². The first-order chi connectivity index (χ1) is 8.95. The Morgan fingerprint density at radius 2 is 1.63 bits per heavy atom. The van der Waals surface area contributed by atoms with Gasteiger partial charge in [0.15, 0.2) is 0 Å². The summed E-state index contributed by atoms with van der Waals surface area (Å²) in [6, 6.07) is 9.42. The smallest absolute Gasteiger partial charge is 0.255 e. The lowest BCUT2D eigenvalue weighted by Crippen LogP contribution is -2.12. The van der Waals surface area contributed by atoms with Crippen molar-refractivity contribution in [2.45, 2.75) is 0 Å². The number of nitrogen functional groups attached to an aromatic ring is 1. The van der Waals surface area contributed by atoms with E-state index >= 15 is 0 Å². The Hall–Kier alpha value is -1.42. The summed E-state index contributed by atoms with van der Waals surface area (Å²) in [4.78, 5) is 12.0. The van der Waals surface area contributed by atoms with Crippen molar-refractivity contribution in [1.29, 1.82) is 0 Å². The number of carbonyl (C=O) groups is 1. The second-order valence-corrected chi connectivity index (χ2v) is 5.13. The normalized spacial score (nSPS) is 10.3. The van der Waals surface area contributed by atoms with E-state index in [-0.39, 0.29) is 5.91 Å². The van der Waals surface area contributed by atoms with E-state index in [1.807, 2.05) is 0 Å². The molecule has 2 rings (SSSR count). The second kappa shape index (κ2) is 5.70. The largest absolute Gasteiger partial charge is 0.399 e. The zero-order valence-corrected chi connectivity index (χ0v) is 11.9. The van der Waals surface area contributed by atoms with Gasteiger partial charge >= 0.3 is 0 Å². The van der Waals surface area contributed by atoms with E-state index in [2.05, 4.69) is 5.32 Å². The molecule has 2 aromatic carbocycles. The predicted octanol–water partition coefficient (Wildman–Crippen LogP) is 4.48. The van der Waals surface area contributed by atoms with Gasteiger partial charge in [0.05, 0.1) is 10.7 Å². The molecule has 0 saturated carbocycles. The number of nitrogens with one attached hydrogen (secondary N) is 1. The lowest BCUT2D eigenvalue weighted by atomic mass is 10.2. The molecule has 1 amide bonds. The van der Waals surface area contributed by atoms with Crippen LogP contribution in [0.25, 0.3) is 0 Å². The standard InChI is InChI=1S/C13H9Cl3N2O/c14-8-3-7(4-9(15)5-8)13(19)18-12-2-1-10(17)6-11(12)16/h1-6H,17H2,(H,18,19). The third kappa shape index (κ3) is 3.53. The summed E-state index contributed by atoms with van der Waals surface area (Å²) in [6.07, 6.45) is 0. The van der Waals surface area contributed by atoms with Crippen LogP contribution in [0.2, 0.25) is 15.1 Å². The van der Waals surface area contributed by atoms with Gasteiger partial charge in [-0.3, -0.25) is 4.79 Å². The molecule has 0 aromatic heterocycles. The lowest BCUT2D eigenvalue weighted by molar-refractivity contribution is 0.102. The van der Waals surface area contributed by atoms with Crippen molar-refractivity contribution in [2.75, 3.05) is 11.1 Å². The molecular weight excluding hydrogens is 307 g/mol. The Labute approximate surface area is 125 Å². The second-order valence-electron chi connectivity index (χ2n) is 3.85. The summed E-state index contributed by atoms with van der Waals surface area (Å²) in [6.45, 7) is 0. The maximum atomic E-state index is 12.0. The fourth-order valence-corrected chi connectivity index (χ4v) is 2.27. The Bertz CT molecular complexity index is 624. The van der Waals surface area contributed by atoms with Gasteiger partial charge in [0, 0.05) is 21.3 Å². The van der Waals surface area contributed by atoms with Crippen LogP contribution in [-0.2, 0) is 0 Å². The molecule has 0 atom stereocenters. The van der Waals surface area contributed by atoms with Crippen molar-refractivity contribution in [1.82, 2.24) is 0 Å². The summed E-state index contributed by atoms with van der Waals surface area (Å²) >= 11 is 17.7. The Balaban J connectivity index is 2.25. The minimum atomic E-state index is -0.351. The van der Waals surface area contributed by atoms with E-state index in [1.165, 1.54) is 12.1 Å². The lowest BCUT2D eigenvalue weighted by Gasteiger charge is -2.08. The average molecular weight is 316 g/mol. The van der Waals surface area contributed by atoms with Crippen LogP contribution in [0.15, 0.2) is 36.4 Å². The Morgan fingerprint density at radius 3 is 2.21 bits per heavy atom. The van der Waals surface area contributed by atoms with Crippen LogP contribution in [0, 0.1) is 0 Å². The first-order valence-corrected chi connectivity index (χ1v) is 6.41. The first-order valence-electron chi connectivity index (χ1n) is 5.28. The van der Waals surface area contributed by atoms with Gasteiger partial charge < -0.3 is 11.1 Å². The third-order valence-corrected chi connectivity index (χ3v) is 3.12. The molecule has 6 heteroatoms. The molecule has 0 spiro atoms. The van der Waals surface area contributed by atoms with Gasteiger partial charge in [-0.05, 0) is 36.4 Å². The van der Waals surface area contributed by atoms with Crippen molar-refractivity contribution < 1.29 is 4.79 Å². The van der Waals surface area contributed by atoms with Crippen molar-refractivity contribution in [3.63, 3.8) is 0 Å². The first kappa shape index (κ1) is 14.0. The molecule has 19 heavy (non-hydrogen) atoms. The molecule has 0 bridgehead atoms. The molecule has 0 aliphatic heterocycles. The van der Waals surface area contributed by atoms with E-state index in [9.17, 15) is 4.79 Å². The van der Waals surface area contributed by atoms with E-state index in [4.69, 9.17) is 40.5 Å². The van der Waals surface area contributed by atoms with Crippen molar-refractivity contribution in [3.8, 4) is 0 Å². The van der Waals surface area contributed by atoms with Gasteiger partial charge in [0.25, 0.3) is 5.91 Å². The fourth-order valence-electron chi connectivity index (χ4n) is 1.51. The number of amides is 1. The summed E-state index contributed by atoms with van der Waals surface area (Å²) in [5.41, 5.74) is 6.92. The van der Waals surface area contributed by atoms with Gasteiger partial charge in [-0.1, -0.05) is 34.8 Å². The van der Waals surface area contributed by atoms with E-state index in [0.717, 1.165) is 0 Å². The number of hydrogen-bond donors (Lipinski definition) is 2. The number of carbonyl (C=O) groups excluding carboxylic acids is 1. The average Bonchev–Trinajstić information content (AvgIpc) is 2.31.